The molecule has 2 aromatic rings. The van der Waals surface area contributed by atoms with Crippen LogP contribution in [0.2, 0.25) is 0 Å². The van der Waals surface area contributed by atoms with Gasteiger partial charge in [-0.15, -0.1) is 0 Å². The van der Waals surface area contributed by atoms with E-state index in [0.29, 0.717) is 12.1 Å². The second-order valence-electron chi connectivity index (χ2n) is 7.56. The molecule has 1 N–H and O–H groups in total. The molecule has 142 valence electrons. The SMILES string of the molecule is O=C(N[C@H]1CC[C@H](N2CCN(c3ccccn3)CC2)CC1)c1ccccc1. The Morgan fingerprint density at radius 3 is 2.26 bits per heavy atom. The van der Waals surface area contributed by atoms with E-state index >= 15 is 0 Å². The first-order valence-electron chi connectivity index (χ1n) is 10.1. The molecule has 1 aromatic heterocycles. The zero-order chi connectivity index (χ0) is 18.5. The fourth-order valence-corrected chi connectivity index (χ4v) is 4.30. The highest BCUT2D eigenvalue weighted by Crippen LogP contribution is 2.25. The number of aromatic nitrogens is 1. The average Bonchev–Trinajstić information content (AvgIpc) is 2.76. The molecule has 0 atom stereocenters. The Morgan fingerprint density at radius 1 is 0.889 bits per heavy atom. The minimum atomic E-state index is 0.0584. The molecule has 1 saturated heterocycles. The molecule has 2 fully saturated rings. The summed E-state index contributed by atoms with van der Waals surface area (Å²) in [6.07, 6.45) is 6.35. The summed E-state index contributed by atoms with van der Waals surface area (Å²) in [5.74, 6) is 1.15. The molecule has 0 spiro atoms. The van der Waals surface area contributed by atoms with Gasteiger partial charge in [-0.05, 0) is 49.9 Å². The van der Waals surface area contributed by atoms with Gasteiger partial charge in [-0.3, -0.25) is 9.69 Å². The standard InChI is InChI=1S/C22H28N4O/c27-22(18-6-2-1-3-7-18)24-19-9-11-20(12-10-19)25-14-16-26(17-15-25)21-8-4-5-13-23-21/h1-8,13,19-20H,9-12,14-17H2,(H,24,27)/t19-,20-. The van der Waals surface area contributed by atoms with Gasteiger partial charge in [0.1, 0.15) is 5.82 Å². The van der Waals surface area contributed by atoms with Crippen molar-refractivity contribution in [3.05, 3.63) is 60.3 Å². The van der Waals surface area contributed by atoms with Gasteiger partial charge < -0.3 is 10.2 Å². The van der Waals surface area contributed by atoms with Gasteiger partial charge in [0, 0.05) is 50.0 Å². The number of rotatable bonds is 4. The summed E-state index contributed by atoms with van der Waals surface area (Å²) >= 11 is 0. The molecule has 5 nitrogen and oxygen atoms in total. The summed E-state index contributed by atoms with van der Waals surface area (Å²) in [7, 11) is 0. The van der Waals surface area contributed by atoms with Crippen molar-refractivity contribution in [1.82, 2.24) is 15.2 Å². The Kier molecular flexibility index (Phi) is 5.68. The van der Waals surface area contributed by atoms with Gasteiger partial charge in [-0.2, -0.15) is 0 Å². The second-order valence-corrected chi connectivity index (χ2v) is 7.56. The van der Waals surface area contributed by atoms with E-state index in [0.717, 1.165) is 50.4 Å². The summed E-state index contributed by atoms with van der Waals surface area (Å²) in [5, 5.41) is 3.21. The lowest BCUT2D eigenvalue weighted by Gasteiger charge is -2.42. The number of carbonyl (C=O) groups is 1. The molecule has 27 heavy (non-hydrogen) atoms. The molecule has 2 aliphatic rings. The first kappa shape index (κ1) is 18.0. The molecule has 1 aliphatic carbocycles. The zero-order valence-electron chi connectivity index (χ0n) is 15.8. The Hall–Kier alpha value is -2.40. The topological polar surface area (TPSA) is 48.5 Å². The number of amides is 1. The lowest BCUT2D eigenvalue weighted by Crippen LogP contribution is -2.52. The maximum absolute atomic E-state index is 12.3. The quantitative estimate of drug-likeness (QED) is 0.906. The van der Waals surface area contributed by atoms with Crippen molar-refractivity contribution in [1.29, 1.82) is 0 Å². The monoisotopic (exact) mass is 364 g/mol. The third-order valence-electron chi connectivity index (χ3n) is 5.87. The van der Waals surface area contributed by atoms with E-state index in [9.17, 15) is 4.79 Å². The van der Waals surface area contributed by atoms with Gasteiger partial charge in [-0.25, -0.2) is 4.98 Å². The predicted octanol–water partition coefficient (Wildman–Crippen LogP) is 2.94. The van der Waals surface area contributed by atoms with Gasteiger partial charge in [0.25, 0.3) is 5.91 Å². The Labute approximate surface area is 161 Å². The van der Waals surface area contributed by atoms with Crippen molar-refractivity contribution in [2.75, 3.05) is 31.1 Å². The second kappa shape index (κ2) is 8.53. The van der Waals surface area contributed by atoms with Gasteiger partial charge in [0.2, 0.25) is 0 Å². The molecule has 1 amide bonds. The number of anilines is 1. The molecule has 0 unspecified atom stereocenters. The highest BCUT2D eigenvalue weighted by Gasteiger charge is 2.29. The van der Waals surface area contributed by atoms with E-state index in [2.05, 4.69) is 32.2 Å². The van der Waals surface area contributed by atoms with Gasteiger partial charge in [0.15, 0.2) is 0 Å². The first-order chi connectivity index (χ1) is 13.3. The number of pyridine rings is 1. The van der Waals surface area contributed by atoms with Gasteiger partial charge in [-0.1, -0.05) is 24.3 Å². The summed E-state index contributed by atoms with van der Waals surface area (Å²) < 4.78 is 0. The van der Waals surface area contributed by atoms with Crippen molar-refractivity contribution < 1.29 is 4.79 Å². The molecule has 1 aliphatic heterocycles. The van der Waals surface area contributed by atoms with E-state index in [4.69, 9.17) is 0 Å². The van der Waals surface area contributed by atoms with Crippen LogP contribution in [0.5, 0.6) is 0 Å². The smallest absolute Gasteiger partial charge is 0.251 e. The van der Waals surface area contributed by atoms with Crippen LogP contribution in [0.3, 0.4) is 0 Å². The third kappa shape index (κ3) is 4.48. The van der Waals surface area contributed by atoms with Crippen LogP contribution in [0.15, 0.2) is 54.7 Å². The summed E-state index contributed by atoms with van der Waals surface area (Å²) in [6, 6.07) is 16.6. The van der Waals surface area contributed by atoms with Gasteiger partial charge >= 0.3 is 0 Å². The van der Waals surface area contributed by atoms with Crippen LogP contribution in [0, 0.1) is 0 Å². The molecular weight excluding hydrogens is 336 g/mol. The normalized spacial score (nSPS) is 23.8. The van der Waals surface area contributed by atoms with E-state index in [1.807, 2.05) is 42.6 Å². The highest BCUT2D eigenvalue weighted by molar-refractivity contribution is 5.94. The van der Waals surface area contributed by atoms with E-state index < -0.39 is 0 Å². The van der Waals surface area contributed by atoms with Crippen LogP contribution in [-0.4, -0.2) is 54.1 Å². The first-order valence-corrected chi connectivity index (χ1v) is 10.1. The van der Waals surface area contributed by atoms with Crippen molar-refractivity contribution >= 4 is 11.7 Å². The number of piperazine rings is 1. The van der Waals surface area contributed by atoms with Crippen LogP contribution in [0.1, 0.15) is 36.0 Å². The fraction of sp³-hybridized carbons (Fsp3) is 0.455. The fourth-order valence-electron chi connectivity index (χ4n) is 4.30. The van der Waals surface area contributed by atoms with Crippen LogP contribution in [0.25, 0.3) is 0 Å². The minimum Gasteiger partial charge on any atom is -0.354 e. The van der Waals surface area contributed by atoms with Crippen molar-refractivity contribution in [2.45, 2.75) is 37.8 Å². The number of hydrogen-bond acceptors (Lipinski definition) is 4. The number of benzene rings is 1. The summed E-state index contributed by atoms with van der Waals surface area (Å²) in [4.78, 5) is 21.8. The van der Waals surface area contributed by atoms with Crippen LogP contribution < -0.4 is 10.2 Å². The molecule has 0 bridgehead atoms. The minimum absolute atomic E-state index is 0.0584. The van der Waals surface area contributed by atoms with E-state index in [1.165, 1.54) is 12.8 Å². The van der Waals surface area contributed by atoms with Crippen molar-refractivity contribution in [3.8, 4) is 0 Å². The maximum Gasteiger partial charge on any atom is 0.251 e. The predicted molar refractivity (Wildman–Crippen MR) is 108 cm³/mol. The lowest BCUT2D eigenvalue weighted by atomic mass is 9.89. The number of nitrogens with one attached hydrogen (secondary N) is 1. The van der Waals surface area contributed by atoms with Crippen molar-refractivity contribution in [2.24, 2.45) is 0 Å². The molecule has 2 heterocycles. The van der Waals surface area contributed by atoms with Crippen molar-refractivity contribution in [3.63, 3.8) is 0 Å². The zero-order valence-corrected chi connectivity index (χ0v) is 15.8. The van der Waals surface area contributed by atoms with Crippen LogP contribution >= 0.6 is 0 Å². The third-order valence-corrected chi connectivity index (χ3v) is 5.87. The molecule has 0 radical (unpaired) electrons. The Balaban J connectivity index is 1.22. The Bertz CT molecular complexity index is 720. The Morgan fingerprint density at radius 2 is 1.59 bits per heavy atom. The highest BCUT2D eigenvalue weighted by atomic mass is 16.1. The number of hydrogen-bond donors (Lipinski definition) is 1. The summed E-state index contributed by atoms with van der Waals surface area (Å²) in [6.45, 7) is 4.29. The molecule has 4 rings (SSSR count). The molecular formula is C22H28N4O. The average molecular weight is 364 g/mol. The van der Waals surface area contributed by atoms with Crippen LogP contribution in [0.4, 0.5) is 5.82 Å². The summed E-state index contributed by atoms with van der Waals surface area (Å²) in [5.41, 5.74) is 0.755. The lowest BCUT2D eigenvalue weighted by molar-refractivity contribution is 0.0899. The maximum atomic E-state index is 12.3. The molecule has 1 saturated carbocycles. The molecule has 5 heteroatoms. The van der Waals surface area contributed by atoms with E-state index in [-0.39, 0.29) is 5.91 Å². The van der Waals surface area contributed by atoms with E-state index in [1.54, 1.807) is 0 Å². The largest absolute Gasteiger partial charge is 0.354 e. The van der Waals surface area contributed by atoms with Gasteiger partial charge in [0.05, 0.1) is 0 Å². The number of nitrogens with zero attached hydrogens (tertiary/aromatic N) is 3. The van der Waals surface area contributed by atoms with Crippen LogP contribution in [-0.2, 0) is 0 Å². The molecule has 1 aromatic carbocycles. The number of carbonyl (C=O) groups excluding carboxylic acids is 1.